The average molecular weight is 1000 g/mol. The first-order valence-electron chi connectivity index (χ1n) is 28.5. The number of rotatable bonds is 53. The van der Waals surface area contributed by atoms with Crippen LogP contribution in [0.2, 0.25) is 0 Å². The summed E-state index contributed by atoms with van der Waals surface area (Å²) >= 11 is 0. The monoisotopic (exact) mass is 1000 g/mol. The summed E-state index contributed by atoms with van der Waals surface area (Å²) in [6, 6.07) is 0. The molecule has 0 bridgehead atoms. The van der Waals surface area contributed by atoms with E-state index in [0.717, 1.165) is 57.8 Å². The molecule has 0 aliphatic carbocycles. The molecule has 0 atom stereocenters. The minimum atomic E-state index is -0.760. The third-order valence-corrected chi connectivity index (χ3v) is 13.1. The van der Waals surface area contributed by atoms with E-state index < -0.39 is 6.10 Å². The number of esters is 3. The van der Waals surface area contributed by atoms with Gasteiger partial charge in [0.25, 0.3) is 0 Å². The predicted molar refractivity (Wildman–Crippen MR) is 270 cm³/mol. The molecule has 0 amide bonds. The van der Waals surface area contributed by atoms with Crippen molar-refractivity contribution in [2.75, 3.05) is 13.2 Å². The number of hydrogen-bond acceptors (Lipinski definition) is 6. The quantitative estimate of drug-likeness (QED) is 0.0261. The molecular weight excluding hydrogens is 893 g/mol. The maximum Gasteiger partial charge on any atom is 0.306 e. The second-order valence-corrected chi connectivity index (χ2v) is 19.6. The fourth-order valence-corrected chi connectivity index (χ4v) is 8.80. The van der Waals surface area contributed by atoms with Crippen molar-refractivity contribution >= 4 is 17.9 Å². The van der Waals surface area contributed by atoms with Gasteiger partial charge in [0.2, 0.25) is 0 Å². The summed E-state index contributed by atoms with van der Waals surface area (Å²) in [4.78, 5) is 38.1. The first-order valence-corrected chi connectivity index (χ1v) is 28.5. The molecule has 0 unspecified atom stereocenters. The molecule has 0 saturated carbocycles. The Morgan fingerprint density at radius 2 is 0.438 bits per heavy atom. The molecular formula is C57H110CdO6. The van der Waals surface area contributed by atoms with E-state index in [2.05, 4.69) is 20.8 Å². The van der Waals surface area contributed by atoms with Crippen molar-refractivity contribution in [2.24, 2.45) is 0 Å². The molecule has 0 aliphatic heterocycles. The SMILES string of the molecule is CCCCCCCCCCCCCCCCCC(=O)OCC(COC(=O)CCCCCCCCCCCCCCCCC)OC(=O)CCCCCCCCCCCCCCCCC.[Cd]. The molecule has 0 fully saturated rings. The summed E-state index contributed by atoms with van der Waals surface area (Å²) in [7, 11) is 0. The fraction of sp³-hybridized carbons (Fsp3) is 0.947. The van der Waals surface area contributed by atoms with Crippen molar-refractivity contribution in [3.63, 3.8) is 0 Å². The van der Waals surface area contributed by atoms with Gasteiger partial charge in [0, 0.05) is 46.6 Å². The molecule has 0 aliphatic rings. The molecule has 0 aromatic carbocycles. The molecule has 376 valence electrons. The van der Waals surface area contributed by atoms with Crippen LogP contribution in [-0.4, -0.2) is 37.2 Å². The first-order chi connectivity index (χ1) is 31.0. The van der Waals surface area contributed by atoms with Crippen molar-refractivity contribution in [1.29, 1.82) is 0 Å². The third kappa shape index (κ3) is 53.9. The Morgan fingerprint density at radius 3 is 0.641 bits per heavy atom. The Balaban J connectivity index is 0. The van der Waals surface area contributed by atoms with Crippen LogP contribution in [0, 0.1) is 0 Å². The van der Waals surface area contributed by atoms with Crippen LogP contribution in [0.25, 0.3) is 0 Å². The van der Waals surface area contributed by atoms with Crippen molar-refractivity contribution in [1.82, 2.24) is 0 Å². The molecule has 0 heterocycles. The van der Waals surface area contributed by atoms with Gasteiger partial charge in [-0.05, 0) is 19.3 Å². The van der Waals surface area contributed by atoms with E-state index in [4.69, 9.17) is 14.2 Å². The van der Waals surface area contributed by atoms with Gasteiger partial charge in [-0.15, -0.1) is 0 Å². The predicted octanol–water partition coefficient (Wildman–Crippen LogP) is 18.8. The van der Waals surface area contributed by atoms with Crippen LogP contribution in [0.3, 0.4) is 0 Å². The normalized spacial score (nSPS) is 11.2. The number of ether oxygens (including phenoxy) is 3. The van der Waals surface area contributed by atoms with Crippen LogP contribution >= 0.6 is 0 Å². The van der Waals surface area contributed by atoms with E-state index in [0.29, 0.717) is 19.3 Å². The van der Waals surface area contributed by atoms with Gasteiger partial charge >= 0.3 is 17.9 Å². The topological polar surface area (TPSA) is 78.9 Å². The van der Waals surface area contributed by atoms with Crippen molar-refractivity contribution in [2.45, 2.75) is 335 Å². The maximum atomic E-state index is 12.8. The Hall–Kier alpha value is -0.668. The molecule has 0 rings (SSSR count). The maximum absolute atomic E-state index is 12.8. The summed E-state index contributed by atoms with van der Waals surface area (Å²) < 4.78 is 16.9. The zero-order chi connectivity index (χ0) is 45.8. The number of carbonyl (C=O) groups excluding carboxylic acids is 3. The molecule has 7 heteroatoms. The largest absolute Gasteiger partial charge is 0.462 e. The van der Waals surface area contributed by atoms with E-state index in [1.807, 2.05) is 0 Å². The standard InChI is InChI=1S/C57H110O6.Cd/c1-4-7-10-13-16-19-22-25-28-31-34-37-40-43-46-49-55(58)61-52-54(63-57(60)51-48-45-42-39-36-33-30-27-24-21-18-15-12-9-6-3)53-62-56(59)50-47-44-41-38-35-32-29-26-23-20-17-14-11-8-5-2;/h54H,4-53H2,1-3H3;. The minimum Gasteiger partial charge on any atom is -0.462 e. The van der Waals surface area contributed by atoms with Crippen molar-refractivity contribution in [3.05, 3.63) is 0 Å². The van der Waals surface area contributed by atoms with Crippen LogP contribution in [-0.2, 0) is 55.9 Å². The van der Waals surface area contributed by atoms with Gasteiger partial charge in [-0.1, -0.05) is 290 Å². The summed E-state index contributed by atoms with van der Waals surface area (Å²) in [6.07, 6.45) is 58.0. The van der Waals surface area contributed by atoms with Gasteiger partial charge in [0.1, 0.15) is 13.2 Å². The molecule has 0 aromatic rings. The van der Waals surface area contributed by atoms with Crippen LogP contribution in [0.1, 0.15) is 329 Å². The minimum absolute atomic E-state index is 0. The molecule has 0 aromatic heterocycles. The van der Waals surface area contributed by atoms with E-state index in [9.17, 15) is 14.4 Å². The number of carbonyl (C=O) groups is 3. The molecule has 0 saturated heterocycles. The van der Waals surface area contributed by atoms with Gasteiger partial charge in [-0.25, -0.2) is 0 Å². The van der Waals surface area contributed by atoms with Crippen molar-refractivity contribution < 1.29 is 55.9 Å². The second kappa shape index (κ2) is 56.7. The molecule has 64 heavy (non-hydrogen) atoms. The first kappa shape index (κ1) is 65.4. The second-order valence-electron chi connectivity index (χ2n) is 19.6. The number of unbranched alkanes of at least 4 members (excludes halogenated alkanes) is 42. The van der Waals surface area contributed by atoms with E-state index in [1.54, 1.807) is 0 Å². The van der Waals surface area contributed by atoms with Crippen molar-refractivity contribution in [3.8, 4) is 0 Å². The van der Waals surface area contributed by atoms with Crippen LogP contribution in [0.5, 0.6) is 0 Å². The van der Waals surface area contributed by atoms with Gasteiger partial charge in [0.15, 0.2) is 6.10 Å². The summed E-state index contributed by atoms with van der Waals surface area (Å²) in [5, 5.41) is 0. The van der Waals surface area contributed by atoms with E-state index >= 15 is 0 Å². The Labute approximate surface area is 419 Å². The Bertz CT molecular complexity index is 893. The summed E-state index contributed by atoms with van der Waals surface area (Å²) in [5.74, 6) is -0.832. The fourth-order valence-electron chi connectivity index (χ4n) is 8.80. The smallest absolute Gasteiger partial charge is 0.306 e. The van der Waals surface area contributed by atoms with Gasteiger partial charge in [0.05, 0.1) is 0 Å². The zero-order valence-corrected chi connectivity index (χ0v) is 47.6. The Kier molecular flexibility index (Phi) is 57.9. The van der Waals surface area contributed by atoms with Crippen LogP contribution in [0.15, 0.2) is 0 Å². The molecule has 6 nitrogen and oxygen atoms in total. The van der Waals surface area contributed by atoms with E-state index in [1.165, 1.54) is 231 Å². The average Bonchev–Trinajstić information content (AvgIpc) is 3.28. The molecule has 0 radical (unpaired) electrons. The van der Waals surface area contributed by atoms with Gasteiger partial charge in [-0.3, -0.25) is 14.4 Å². The molecule has 0 spiro atoms. The van der Waals surface area contributed by atoms with E-state index in [-0.39, 0.29) is 58.4 Å². The Morgan fingerprint density at radius 1 is 0.266 bits per heavy atom. The van der Waals surface area contributed by atoms with Crippen LogP contribution in [0.4, 0.5) is 0 Å². The third-order valence-electron chi connectivity index (χ3n) is 13.1. The van der Waals surface area contributed by atoms with Crippen LogP contribution < -0.4 is 0 Å². The van der Waals surface area contributed by atoms with Gasteiger partial charge in [-0.2, -0.15) is 0 Å². The summed E-state index contributed by atoms with van der Waals surface area (Å²) in [6.45, 7) is 6.71. The van der Waals surface area contributed by atoms with Gasteiger partial charge < -0.3 is 14.2 Å². The molecule has 0 N–H and O–H groups in total. The number of hydrogen-bond donors (Lipinski definition) is 0. The summed E-state index contributed by atoms with van der Waals surface area (Å²) in [5.41, 5.74) is 0. The zero-order valence-electron chi connectivity index (χ0n) is 43.6.